The molecule has 2 aliphatic carbocycles. The highest BCUT2D eigenvalue weighted by molar-refractivity contribution is 5.92. The van der Waals surface area contributed by atoms with Gasteiger partial charge in [-0.25, -0.2) is 0 Å². The van der Waals surface area contributed by atoms with Gasteiger partial charge in [0.25, 0.3) is 0 Å². The second kappa shape index (κ2) is 7.52. The Morgan fingerprint density at radius 2 is 1.97 bits per heavy atom. The third kappa shape index (κ3) is 3.26. The Balaban J connectivity index is 1.83. The summed E-state index contributed by atoms with van der Waals surface area (Å²) in [7, 11) is 0. The molecular weight excluding hydrogens is 396 g/mol. The van der Waals surface area contributed by atoms with E-state index in [0.29, 0.717) is 28.9 Å². The van der Waals surface area contributed by atoms with E-state index in [4.69, 9.17) is 13.9 Å². The van der Waals surface area contributed by atoms with Crippen LogP contribution in [0.1, 0.15) is 94.4 Å². The minimum atomic E-state index is -0.944. The van der Waals surface area contributed by atoms with Crippen molar-refractivity contribution in [1.82, 2.24) is 0 Å². The van der Waals surface area contributed by atoms with Gasteiger partial charge in [0, 0.05) is 23.1 Å². The largest absolute Gasteiger partial charge is 0.489 e. The smallest absolute Gasteiger partial charge is 0.196 e. The molecule has 2 heterocycles. The highest BCUT2D eigenvalue weighted by Gasteiger charge is 2.51. The van der Waals surface area contributed by atoms with E-state index in [0.717, 1.165) is 49.7 Å². The zero-order valence-corrected chi connectivity index (χ0v) is 18.6. The van der Waals surface area contributed by atoms with Gasteiger partial charge < -0.3 is 24.1 Å². The summed E-state index contributed by atoms with van der Waals surface area (Å²) in [6.07, 6.45) is 6.34. The first-order valence-corrected chi connectivity index (χ1v) is 11.6. The molecule has 6 nitrogen and oxygen atoms in total. The first kappa shape index (κ1) is 20.8. The maximum absolute atomic E-state index is 13.3. The van der Waals surface area contributed by atoms with E-state index in [2.05, 4.69) is 0 Å². The van der Waals surface area contributed by atoms with Gasteiger partial charge in [-0.15, -0.1) is 0 Å². The number of ether oxygens (including phenoxy) is 2. The van der Waals surface area contributed by atoms with Crippen molar-refractivity contribution in [3.05, 3.63) is 33.2 Å². The Hall–Kier alpha value is -2.05. The van der Waals surface area contributed by atoms with Crippen LogP contribution in [0.25, 0.3) is 11.0 Å². The molecule has 2 N–H and O–H groups in total. The molecule has 3 atom stereocenters. The normalized spacial score (nSPS) is 28.1. The molecule has 0 bridgehead atoms. The maximum Gasteiger partial charge on any atom is 0.196 e. The molecule has 0 unspecified atom stereocenters. The molecular formula is C25H32O6. The number of hydrogen-bond acceptors (Lipinski definition) is 6. The van der Waals surface area contributed by atoms with E-state index in [1.54, 1.807) is 0 Å². The number of rotatable bonds is 4. The van der Waals surface area contributed by atoms with Crippen LogP contribution in [-0.2, 0) is 6.61 Å². The van der Waals surface area contributed by atoms with Gasteiger partial charge in [-0.2, -0.15) is 0 Å². The maximum atomic E-state index is 13.3. The van der Waals surface area contributed by atoms with Crippen LogP contribution in [0.15, 0.2) is 15.3 Å². The van der Waals surface area contributed by atoms with Crippen LogP contribution in [0.2, 0.25) is 0 Å². The Kier molecular flexibility index (Phi) is 5.05. The molecule has 3 aliphatic rings. The van der Waals surface area contributed by atoms with Crippen LogP contribution in [0.4, 0.5) is 0 Å². The summed E-state index contributed by atoms with van der Waals surface area (Å²) in [6, 6.07) is 1.37. The Morgan fingerprint density at radius 3 is 2.65 bits per heavy atom. The summed E-state index contributed by atoms with van der Waals surface area (Å²) in [5.41, 5.74) is 1.05. The lowest BCUT2D eigenvalue weighted by atomic mass is 9.74. The lowest BCUT2D eigenvalue weighted by Gasteiger charge is -2.37. The van der Waals surface area contributed by atoms with Crippen molar-refractivity contribution in [1.29, 1.82) is 0 Å². The molecule has 5 rings (SSSR count). The molecule has 2 fully saturated rings. The fourth-order valence-corrected chi connectivity index (χ4v) is 5.83. The first-order valence-electron chi connectivity index (χ1n) is 11.6. The first-order chi connectivity index (χ1) is 14.8. The number of hydrogen-bond donors (Lipinski definition) is 2. The van der Waals surface area contributed by atoms with Gasteiger partial charge in [0.2, 0.25) is 0 Å². The second-order valence-corrected chi connectivity index (χ2v) is 10.00. The Morgan fingerprint density at radius 1 is 1.23 bits per heavy atom. The van der Waals surface area contributed by atoms with Gasteiger partial charge in [0.15, 0.2) is 5.43 Å². The van der Waals surface area contributed by atoms with E-state index in [-0.39, 0.29) is 41.8 Å². The van der Waals surface area contributed by atoms with E-state index in [9.17, 15) is 15.0 Å². The standard InChI is InChI=1S/C25H32O6/c1-13(2)18-21-19(16-9-6-10-25(3,28)24(16)31-21)23(29-14-7-4-5-8-14)20-17(27)11-15(12-26)30-22(18)20/h11,13-14,16,24,26,28H,4-10,12H2,1-3H3/t16-,24+,25-/m1/s1. The Labute approximate surface area is 182 Å². The topological polar surface area (TPSA) is 89.1 Å². The summed E-state index contributed by atoms with van der Waals surface area (Å²) >= 11 is 0. The molecule has 0 amide bonds. The van der Waals surface area contributed by atoms with Crippen LogP contribution < -0.4 is 14.9 Å². The minimum Gasteiger partial charge on any atom is -0.489 e. The van der Waals surface area contributed by atoms with Gasteiger partial charge in [0.05, 0.1) is 11.7 Å². The number of aliphatic hydroxyl groups is 2. The molecule has 0 radical (unpaired) electrons. The van der Waals surface area contributed by atoms with Crippen LogP contribution in [-0.4, -0.2) is 28.0 Å². The molecule has 31 heavy (non-hydrogen) atoms. The van der Waals surface area contributed by atoms with Gasteiger partial charge in [0.1, 0.15) is 40.9 Å². The molecule has 1 aliphatic heterocycles. The molecule has 1 aromatic carbocycles. The van der Waals surface area contributed by atoms with Crippen LogP contribution in [0, 0.1) is 0 Å². The number of fused-ring (bicyclic) bond motifs is 4. The van der Waals surface area contributed by atoms with Crippen LogP contribution in [0.3, 0.4) is 0 Å². The lowest BCUT2D eigenvalue weighted by molar-refractivity contribution is -0.0728. The monoisotopic (exact) mass is 428 g/mol. The zero-order valence-electron chi connectivity index (χ0n) is 18.6. The number of benzene rings is 1. The average molecular weight is 429 g/mol. The van der Waals surface area contributed by atoms with E-state index in [1.807, 2.05) is 20.8 Å². The fourth-order valence-electron chi connectivity index (χ4n) is 5.83. The van der Waals surface area contributed by atoms with Gasteiger partial charge >= 0.3 is 0 Å². The van der Waals surface area contributed by atoms with Gasteiger partial charge in [-0.1, -0.05) is 13.8 Å². The quantitative estimate of drug-likeness (QED) is 0.745. The second-order valence-electron chi connectivity index (χ2n) is 10.00. The van der Waals surface area contributed by atoms with E-state index in [1.165, 1.54) is 6.07 Å². The molecule has 168 valence electrons. The van der Waals surface area contributed by atoms with Crippen LogP contribution in [0.5, 0.6) is 11.5 Å². The summed E-state index contributed by atoms with van der Waals surface area (Å²) in [5, 5.41) is 21.2. The zero-order chi connectivity index (χ0) is 21.9. The summed E-state index contributed by atoms with van der Waals surface area (Å²) in [5.74, 6) is 1.51. The molecule has 2 aromatic rings. The molecule has 6 heteroatoms. The van der Waals surface area contributed by atoms with Crippen molar-refractivity contribution < 1.29 is 24.1 Å². The minimum absolute atomic E-state index is 0.0195. The van der Waals surface area contributed by atoms with Crippen molar-refractivity contribution in [3.63, 3.8) is 0 Å². The van der Waals surface area contributed by atoms with Gasteiger partial charge in [-0.05, 0) is 57.8 Å². The molecule has 1 aromatic heterocycles. The van der Waals surface area contributed by atoms with Crippen molar-refractivity contribution in [2.24, 2.45) is 0 Å². The molecule has 0 spiro atoms. The summed E-state index contributed by atoms with van der Waals surface area (Å²) in [4.78, 5) is 13.3. The van der Waals surface area contributed by atoms with Crippen molar-refractivity contribution >= 4 is 11.0 Å². The van der Waals surface area contributed by atoms with Crippen molar-refractivity contribution in [2.45, 2.75) is 102 Å². The average Bonchev–Trinajstić information content (AvgIpc) is 3.35. The summed E-state index contributed by atoms with van der Waals surface area (Å²) in [6.45, 7) is 5.58. The third-order valence-corrected chi connectivity index (χ3v) is 7.32. The fraction of sp³-hybridized carbons (Fsp3) is 0.640. The van der Waals surface area contributed by atoms with Crippen molar-refractivity contribution in [3.8, 4) is 11.5 Å². The molecule has 0 saturated heterocycles. The SMILES string of the molecule is CC(C)c1c2c(c(OC3CCCC3)c3c(=O)cc(CO)oc13)[C@H]1CCC[C@@](C)(O)[C@H]1O2. The predicted octanol–water partition coefficient (Wildman–Crippen LogP) is 4.51. The van der Waals surface area contributed by atoms with Crippen LogP contribution >= 0.6 is 0 Å². The number of aliphatic hydroxyl groups excluding tert-OH is 1. The van der Waals surface area contributed by atoms with E-state index < -0.39 is 5.60 Å². The highest BCUT2D eigenvalue weighted by Crippen LogP contribution is 2.57. The summed E-state index contributed by atoms with van der Waals surface area (Å²) < 4.78 is 19.1. The lowest BCUT2D eigenvalue weighted by Crippen LogP contribution is -2.47. The highest BCUT2D eigenvalue weighted by atomic mass is 16.5. The Bertz CT molecular complexity index is 1060. The predicted molar refractivity (Wildman–Crippen MR) is 117 cm³/mol. The van der Waals surface area contributed by atoms with E-state index >= 15 is 0 Å². The van der Waals surface area contributed by atoms with Crippen molar-refractivity contribution in [2.75, 3.05) is 0 Å². The van der Waals surface area contributed by atoms with Gasteiger partial charge in [-0.3, -0.25) is 4.79 Å². The molecule has 2 saturated carbocycles. The third-order valence-electron chi connectivity index (χ3n) is 7.32.